The third-order valence-electron chi connectivity index (χ3n) is 2.85. The average molecular weight is 264 g/mol. The van der Waals surface area contributed by atoms with Crippen LogP contribution in [-0.2, 0) is 11.2 Å². The fourth-order valence-electron chi connectivity index (χ4n) is 2.21. The van der Waals surface area contributed by atoms with E-state index in [2.05, 4.69) is 6.92 Å². The molecule has 0 spiro atoms. The largest absolute Gasteiger partial charge is 0.494 e. The molecule has 0 aliphatic heterocycles. The molecule has 0 N–H and O–H groups in total. The van der Waals surface area contributed by atoms with Crippen LogP contribution < -0.4 is 9.47 Å². The lowest BCUT2D eigenvalue weighted by molar-refractivity contribution is -0.117. The summed E-state index contributed by atoms with van der Waals surface area (Å²) in [5.41, 5.74) is 1.11. The van der Waals surface area contributed by atoms with Gasteiger partial charge in [0.1, 0.15) is 17.3 Å². The summed E-state index contributed by atoms with van der Waals surface area (Å²) < 4.78 is 11.2. The molecule has 0 saturated carbocycles. The third kappa shape index (κ3) is 5.33. The summed E-state index contributed by atoms with van der Waals surface area (Å²) in [6, 6.07) is 5.89. The molecule has 0 fully saturated rings. The van der Waals surface area contributed by atoms with Gasteiger partial charge in [-0.15, -0.1) is 0 Å². The molecule has 3 heteroatoms. The van der Waals surface area contributed by atoms with Gasteiger partial charge < -0.3 is 14.3 Å². The van der Waals surface area contributed by atoms with Crippen molar-refractivity contribution in [2.75, 3.05) is 13.2 Å². The summed E-state index contributed by atoms with van der Waals surface area (Å²) in [7, 11) is 0. The Kier molecular flexibility index (Phi) is 6.40. The molecule has 1 aromatic carbocycles. The van der Waals surface area contributed by atoms with Crippen LogP contribution in [0.5, 0.6) is 11.5 Å². The third-order valence-corrected chi connectivity index (χ3v) is 2.85. The van der Waals surface area contributed by atoms with Crippen LogP contribution in [0.2, 0.25) is 0 Å². The van der Waals surface area contributed by atoms with Gasteiger partial charge in [-0.2, -0.15) is 0 Å². The molecule has 0 radical (unpaired) electrons. The SMILES string of the molecule is CCOc1ccc(OCC)c(CC(C)CC(C)=O)c1. The molecule has 0 aliphatic rings. The lowest BCUT2D eigenvalue weighted by Gasteiger charge is -2.15. The summed E-state index contributed by atoms with van der Waals surface area (Å²) in [4.78, 5) is 11.2. The van der Waals surface area contributed by atoms with Gasteiger partial charge in [-0.05, 0) is 56.9 Å². The zero-order valence-electron chi connectivity index (χ0n) is 12.4. The van der Waals surface area contributed by atoms with Crippen molar-refractivity contribution in [1.29, 1.82) is 0 Å². The normalized spacial score (nSPS) is 12.0. The summed E-state index contributed by atoms with van der Waals surface area (Å²) in [5.74, 6) is 2.29. The molecule has 0 saturated heterocycles. The van der Waals surface area contributed by atoms with E-state index in [9.17, 15) is 4.79 Å². The van der Waals surface area contributed by atoms with Gasteiger partial charge in [0.15, 0.2) is 0 Å². The molecule has 19 heavy (non-hydrogen) atoms. The second-order valence-corrected chi connectivity index (χ2v) is 4.85. The van der Waals surface area contributed by atoms with Crippen molar-refractivity contribution < 1.29 is 14.3 Å². The van der Waals surface area contributed by atoms with Gasteiger partial charge in [-0.25, -0.2) is 0 Å². The molecular formula is C16H24O3. The van der Waals surface area contributed by atoms with Crippen molar-refractivity contribution in [2.45, 2.75) is 40.5 Å². The van der Waals surface area contributed by atoms with Gasteiger partial charge in [0, 0.05) is 6.42 Å². The summed E-state index contributed by atoms with van der Waals surface area (Å²) in [6.45, 7) is 8.95. The van der Waals surface area contributed by atoms with Crippen LogP contribution in [0.15, 0.2) is 18.2 Å². The number of carbonyl (C=O) groups excluding carboxylic acids is 1. The molecular weight excluding hydrogens is 240 g/mol. The second-order valence-electron chi connectivity index (χ2n) is 4.85. The molecule has 1 atom stereocenters. The van der Waals surface area contributed by atoms with E-state index < -0.39 is 0 Å². The minimum Gasteiger partial charge on any atom is -0.494 e. The predicted molar refractivity (Wildman–Crippen MR) is 76.9 cm³/mol. The van der Waals surface area contributed by atoms with Crippen LogP contribution in [0.25, 0.3) is 0 Å². The van der Waals surface area contributed by atoms with Gasteiger partial charge in [-0.1, -0.05) is 6.92 Å². The molecule has 0 amide bonds. The minimum atomic E-state index is 0.228. The first-order valence-corrected chi connectivity index (χ1v) is 6.94. The minimum absolute atomic E-state index is 0.228. The first kappa shape index (κ1) is 15.5. The molecule has 0 bridgehead atoms. The summed E-state index contributed by atoms with van der Waals surface area (Å²) >= 11 is 0. The number of ether oxygens (including phenoxy) is 2. The van der Waals surface area contributed by atoms with E-state index >= 15 is 0 Å². The van der Waals surface area contributed by atoms with Crippen molar-refractivity contribution in [3.05, 3.63) is 23.8 Å². The Hall–Kier alpha value is -1.51. The molecule has 0 heterocycles. The van der Waals surface area contributed by atoms with Crippen LogP contribution in [0, 0.1) is 5.92 Å². The average Bonchev–Trinajstić information content (AvgIpc) is 2.32. The maximum Gasteiger partial charge on any atom is 0.130 e. The van der Waals surface area contributed by atoms with Crippen molar-refractivity contribution in [2.24, 2.45) is 5.92 Å². The Morgan fingerprint density at radius 2 is 1.89 bits per heavy atom. The number of hydrogen-bond acceptors (Lipinski definition) is 3. The number of carbonyl (C=O) groups is 1. The van der Waals surface area contributed by atoms with Gasteiger partial charge in [0.25, 0.3) is 0 Å². The number of benzene rings is 1. The fraction of sp³-hybridized carbons (Fsp3) is 0.562. The highest BCUT2D eigenvalue weighted by Crippen LogP contribution is 2.27. The first-order valence-electron chi connectivity index (χ1n) is 6.94. The van der Waals surface area contributed by atoms with Gasteiger partial charge in [0.2, 0.25) is 0 Å². The van der Waals surface area contributed by atoms with Crippen LogP contribution >= 0.6 is 0 Å². The summed E-state index contributed by atoms with van der Waals surface area (Å²) in [5, 5.41) is 0. The van der Waals surface area contributed by atoms with E-state index in [4.69, 9.17) is 9.47 Å². The van der Waals surface area contributed by atoms with E-state index in [0.29, 0.717) is 25.6 Å². The van der Waals surface area contributed by atoms with Gasteiger partial charge >= 0.3 is 0 Å². The maximum absolute atomic E-state index is 11.2. The quantitative estimate of drug-likeness (QED) is 0.719. The van der Waals surface area contributed by atoms with Gasteiger partial charge in [0.05, 0.1) is 13.2 Å². The van der Waals surface area contributed by atoms with Crippen LogP contribution in [0.4, 0.5) is 0 Å². The van der Waals surface area contributed by atoms with Crippen molar-refractivity contribution in [3.8, 4) is 11.5 Å². The number of Topliss-reactive ketones (excluding diaryl/α,β-unsaturated/α-hetero) is 1. The first-order chi connectivity index (χ1) is 9.06. The Morgan fingerprint density at radius 1 is 1.21 bits per heavy atom. The highest BCUT2D eigenvalue weighted by molar-refractivity contribution is 5.75. The number of hydrogen-bond donors (Lipinski definition) is 0. The van der Waals surface area contributed by atoms with E-state index in [-0.39, 0.29) is 5.78 Å². The molecule has 1 unspecified atom stereocenters. The fourth-order valence-corrected chi connectivity index (χ4v) is 2.21. The Bertz CT molecular complexity index is 412. The number of ketones is 1. The summed E-state index contributed by atoms with van der Waals surface area (Å²) in [6.07, 6.45) is 1.43. The number of rotatable bonds is 8. The Morgan fingerprint density at radius 3 is 2.47 bits per heavy atom. The van der Waals surface area contributed by atoms with E-state index in [1.807, 2.05) is 32.0 Å². The molecule has 3 nitrogen and oxygen atoms in total. The molecule has 1 aromatic rings. The Balaban J connectivity index is 2.86. The van der Waals surface area contributed by atoms with E-state index in [1.165, 1.54) is 0 Å². The molecule has 1 rings (SSSR count). The van der Waals surface area contributed by atoms with E-state index in [0.717, 1.165) is 23.5 Å². The van der Waals surface area contributed by atoms with Crippen LogP contribution in [0.3, 0.4) is 0 Å². The standard InChI is InChI=1S/C16H24O3/c1-5-18-15-7-8-16(19-6-2)14(11-15)10-12(3)9-13(4)17/h7-8,11-12H,5-6,9-10H2,1-4H3. The highest BCUT2D eigenvalue weighted by Gasteiger charge is 2.12. The lowest BCUT2D eigenvalue weighted by Crippen LogP contribution is -2.07. The molecule has 106 valence electrons. The van der Waals surface area contributed by atoms with Crippen LogP contribution in [0.1, 0.15) is 39.7 Å². The van der Waals surface area contributed by atoms with Crippen LogP contribution in [-0.4, -0.2) is 19.0 Å². The highest BCUT2D eigenvalue weighted by atomic mass is 16.5. The zero-order valence-corrected chi connectivity index (χ0v) is 12.4. The monoisotopic (exact) mass is 264 g/mol. The maximum atomic E-state index is 11.2. The second kappa shape index (κ2) is 7.82. The van der Waals surface area contributed by atoms with Gasteiger partial charge in [-0.3, -0.25) is 0 Å². The molecule has 0 aromatic heterocycles. The smallest absolute Gasteiger partial charge is 0.130 e. The topological polar surface area (TPSA) is 35.5 Å². The zero-order chi connectivity index (χ0) is 14.3. The predicted octanol–water partition coefficient (Wildman–Crippen LogP) is 3.64. The lowest BCUT2D eigenvalue weighted by atomic mass is 9.96. The Labute approximate surface area is 115 Å². The van der Waals surface area contributed by atoms with Crippen molar-refractivity contribution in [1.82, 2.24) is 0 Å². The van der Waals surface area contributed by atoms with Crippen molar-refractivity contribution in [3.63, 3.8) is 0 Å². The molecule has 0 aliphatic carbocycles. The van der Waals surface area contributed by atoms with Crippen molar-refractivity contribution >= 4 is 5.78 Å². The van der Waals surface area contributed by atoms with E-state index in [1.54, 1.807) is 6.92 Å².